The Hall–Kier alpha value is -2.18. The van der Waals surface area contributed by atoms with Crippen LogP contribution in [0.5, 0.6) is 0 Å². The average Bonchev–Trinajstić information content (AvgIpc) is 2.94. The van der Waals surface area contributed by atoms with Gasteiger partial charge in [0.1, 0.15) is 0 Å². The molecule has 38 heavy (non-hydrogen) atoms. The van der Waals surface area contributed by atoms with E-state index in [1.54, 1.807) is 0 Å². The van der Waals surface area contributed by atoms with Crippen molar-refractivity contribution in [1.29, 1.82) is 0 Å². The highest BCUT2D eigenvalue weighted by Crippen LogP contribution is 2.49. The van der Waals surface area contributed by atoms with Crippen molar-refractivity contribution >= 4 is 33.5 Å². The van der Waals surface area contributed by atoms with Crippen LogP contribution in [0.2, 0.25) is 0 Å². The summed E-state index contributed by atoms with van der Waals surface area (Å²) in [5, 5.41) is 0.701. The molecule has 0 radical (unpaired) electrons. The molecule has 6 heteroatoms. The molecule has 0 atom stereocenters. The van der Waals surface area contributed by atoms with Crippen LogP contribution in [0.1, 0.15) is 85.7 Å². The van der Waals surface area contributed by atoms with Crippen molar-refractivity contribution in [3.8, 4) is 11.3 Å². The van der Waals surface area contributed by atoms with Gasteiger partial charge in [0.2, 0.25) is 0 Å². The van der Waals surface area contributed by atoms with E-state index in [2.05, 4.69) is 40.2 Å². The second kappa shape index (κ2) is 11.1. The van der Waals surface area contributed by atoms with E-state index in [1.165, 1.54) is 68.7 Å². The van der Waals surface area contributed by atoms with Crippen LogP contribution in [0.3, 0.4) is 0 Å². The Kier molecular flexibility index (Phi) is 7.63. The second-order valence-corrected chi connectivity index (χ2v) is 13.3. The van der Waals surface area contributed by atoms with Crippen molar-refractivity contribution in [1.82, 2.24) is 9.55 Å². The van der Waals surface area contributed by atoms with Crippen LogP contribution in [0, 0.1) is 5.92 Å². The number of aromatic nitrogens is 2. The highest BCUT2D eigenvalue weighted by molar-refractivity contribution is 9.10. The molecule has 4 nitrogen and oxygen atoms in total. The molecule has 1 spiro atoms. The molecule has 2 fully saturated rings. The predicted octanol–water partition coefficient (Wildman–Crippen LogP) is 7.99. The third-order valence-corrected chi connectivity index (χ3v) is 10.4. The monoisotopic (exact) mass is 590 g/mol. The van der Waals surface area contributed by atoms with Gasteiger partial charge in [-0.1, -0.05) is 103 Å². The zero-order valence-electron chi connectivity index (χ0n) is 21.9. The lowest BCUT2D eigenvalue weighted by atomic mass is 9.62. The maximum Gasteiger partial charge on any atom is 0.258 e. The third kappa shape index (κ3) is 5.06. The molecular formula is C32H35BrN2O2S. The Balaban J connectivity index is 1.44. The number of fused-ring (bicyclic) bond motifs is 4. The van der Waals surface area contributed by atoms with Crippen molar-refractivity contribution in [3.63, 3.8) is 0 Å². The Morgan fingerprint density at radius 3 is 2.45 bits per heavy atom. The number of Topliss-reactive ketones (excluding diaryl/α,β-unsaturated/α-hetero) is 1. The SMILES string of the molecule is O=C(CSc1nc2c(c(=O)n1CC1CCCCC1)C1(CCCCC1)Cc1ccccc1-2)c1ccc(Br)cc1. The van der Waals surface area contributed by atoms with E-state index in [0.717, 1.165) is 40.6 Å². The summed E-state index contributed by atoms with van der Waals surface area (Å²) in [4.78, 5) is 32.9. The van der Waals surface area contributed by atoms with Gasteiger partial charge in [-0.2, -0.15) is 0 Å². The number of hydrogen-bond donors (Lipinski definition) is 0. The molecule has 0 N–H and O–H groups in total. The first-order chi connectivity index (χ1) is 18.5. The van der Waals surface area contributed by atoms with E-state index in [0.29, 0.717) is 23.2 Å². The first-order valence-corrected chi connectivity index (χ1v) is 16.0. The fraction of sp³-hybridized carbons (Fsp3) is 0.469. The Bertz CT molecular complexity index is 1390. The highest BCUT2D eigenvalue weighted by atomic mass is 79.9. The molecule has 0 aliphatic heterocycles. The molecule has 2 saturated carbocycles. The van der Waals surface area contributed by atoms with Crippen LogP contribution in [0.15, 0.2) is 63.0 Å². The summed E-state index contributed by atoms with van der Waals surface area (Å²) in [7, 11) is 0. The van der Waals surface area contributed by atoms with Gasteiger partial charge in [0.05, 0.1) is 17.0 Å². The summed E-state index contributed by atoms with van der Waals surface area (Å²) in [6.45, 7) is 0.714. The lowest BCUT2D eigenvalue weighted by Gasteiger charge is -2.42. The molecule has 2 aromatic carbocycles. The van der Waals surface area contributed by atoms with Gasteiger partial charge in [0.15, 0.2) is 10.9 Å². The van der Waals surface area contributed by atoms with Crippen LogP contribution >= 0.6 is 27.7 Å². The summed E-state index contributed by atoms with van der Waals surface area (Å²) in [6.07, 6.45) is 12.7. The number of nitrogens with zero attached hydrogens (tertiary/aromatic N) is 2. The van der Waals surface area contributed by atoms with Gasteiger partial charge in [0, 0.05) is 27.6 Å². The average molecular weight is 592 g/mol. The first kappa shape index (κ1) is 26.1. The predicted molar refractivity (Wildman–Crippen MR) is 158 cm³/mol. The van der Waals surface area contributed by atoms with Crippen LogP contribution < -0.4 is 5.56 Å². The minimum absolute atomic E-state index is 0.0582. The van der Waals surface area contributed by atoms with Gasteiger partial charge >= 0.3 is 0 Å². The number of rotatable bonds is 6. The van der Waals surface area contributed by atoms with Gasteiger partial charge in [-0.25, -0.2) is 4.98 Å². The fourth-order valence-electron chi connectivity index (χ4n) is 6.97. The maximum absolute atomic E-state index is 14.6. The summed E-state index contributed by atoms with van der Waals surface area (Å²) >= 11 is 4.88. The minimum Gasteiger partial charge on any atom is -0.293 e. The normalized spacial score (nSPS) is 18.7. The van der Waals surface area contributed by atoms with Gasteiger partial charge in [0.25, 0.3) is 5.56 Å². The molecule has 0 bridgehead atoms. The van der Waals surface area contributed by atoms with Crippen molar-refractivity contribution in [3.05, 3.63) is 80.0 Å². The number of ketones is 1. The Morgan fingerprint density at radius 2 is 1.68 bits per heavy atom. The minimum atomic E-state index is -0.114. The van der Waals surface area contributed by atoms with E-state index < -0.39 is 0 Å². The Labute approximate surface area is 237 Å². The summed E-state index contributed by atoms with van der Waals surface area (Å²) in [5.74, 6) is 0.827. The molecule has 0 saturated heterocycles. The standard InChI is InChI=1S/C32H35BrN2O2S/c33-25-15-13-23(14-16-25)27(36)21-38-31-34-29-26-12-6-5-11-24(26)19-32(17-7-2-8-18-32)28(29)30(37)35(31)20-22-9-3-1-4-10-22/h5-6,11-16,22H,1-4,7-10,17-21H2. The first-order valence-electron chi connectivity index (χ1n) is 14.2. The molecule has 3 aliphatic carbocycles. The van der Waals surface area contributed by atoms with Crippen molar-refractivity contribution < 1.29 is 4.79 Å². The molecule has 3 aliphatic rings. The molecule has 1 aromatic heterocycles. The summed E-state index contributed by atoms with van der Waals surface area (Å²) in [6, 6.07) is 16.0. The molecular weight excluding hydrogens is 556 g/mol. The Morgan fingerprint density at radius 1 is 0.974 bits per heavy atom. The smallest absolute Gasteiger partial charge is 0.258 e. The van der Waals surface area contributed by atoms with Crippen LogP contribution in [-0.4, -0.2) is 21.1 Å². The largest absolute Gasteiger partial charge is 0.293 e. The number of carbonyl (C=O) groups is 1. The van der Waals surface area contributed by atoms with Gasteiger partial charge < -0.3 is 0 Å². The van der Waals surface area contributed by atoms with Crippen LogP contribution in [-0.2, 0) is 18.4 Å². The van der Waals surface area contributed by atoms with E-state index in [4.69, 9.17) is 4.98 Å². The van der Waals surface area contributed by atoms with E-state index in [-0.39, 0.29) is 22.5 Å². The molecule has 6 rings (SSSR count). The van der Waals surface area contributed by atoms with Crippen LogP contribution in [0.4, 0.5) is 0 Å². The van der Waals surface area contributed by atoms with Gasteiger partial charge in [-0.05, 0) is 55.7 Å². The van der Waals surface area contributed by atoms with Crippen molar-refractivity contribution in [2.45, 2.75) is 87.7 Å². The number of thioether (sulfide) groups is 1. The highest BCUT2D eigenvalue weighted by Gasteiger charge is 2.43. The van der Waals surface area contributed by atoms with Crippen LogP contribution in [0.25, 0.3) is 11.3 Å². The third-order valence-electron chi connectivity index (χ3n) is 8.94. The number of hydrogen-bond acceptors (Lipinski definition) is 4. The second-order valence-electron chi connectivity index (χ2n) is 11.4. The zero-order valence-corrected chi connectivity index (χ0v) is 24.3. The van der Waals surface area contributed by atoms with Gasteiger partial charge in [-0.3, -0.25) is 14.2 Å². The maximum atomic E-state index is 14.6. The lowest BCUT2D eigenvalue weighted by Crippen LogP contribution is -2.43. The fourth-order valence-corrected chi connectivity index (χ4v) is 8.13. The summed E-state index contributed by atoms with van der Waals surface area (Å²) in [5.41, 5.74) is 4.95. The molecule has 0 unspecified atom stereocenters. The van der Waals surface area contributed by atoms with E-state index in [9.17, 15) is 9.59 Å². The number of benzene rings is 2. The van der Waals surface area contributed by atoms with E-state index in [1.807, 2.05) is 28.8 Å². The lowest BCUT2D eigenvalue weighted by molar-refractivity contribution is 0.102. The molecule has 198 valence electrons. The van der Waals surface area contributed by atoms with E-state index >= 15 is 0 Å². The van der Waals surface area contributed by atoms with Crippen molar-refractivity contribution in [2.24, 2.45) is 5.92 Å². The number of halogens is 1. The zero-order chi connectivity index (χ0) is 26.1. The molecule has 1 heterocycles. The quantitative estimate of drug-likeness (QED) is 0.166. The van der Waals surface area contributed by atoms with Crippen molar-refractivity contribution in [2.75, 3.05) is 5.75 Å². The van der Waals surface area contributed by atoms with Gasteiger partial charge in [-0.15, -0.1) is 0 Å². The summed E-state index contributed by atoms with van der Waals surface area (Å²) < 4.78 is 2.92. The molecule has 3 aromatic rings. The topological polar surface area (TPSA) is 52.0 Å². The number of carbonyl (C=O) groups excluding carboxylic acids is 1. The molecule has 0 amide bonds.